The Hall–Kier alpha value is -1.38. The average Bonchev–Trinajstić information content (AvgIpc) is 2.43. The van der Waals surface area contributed by atoms with E-state index in [4.69, 9.17) is 15.2 Å². The maximum atomic E-state index is 5.72. The molecule has 0 aromatic heterocycles. The third kappa shape index (κ3) is 1.30. The van der Waals surface area contributed by atoms with Gasteiger partial charge in [0.05, 0.1) is 7.11 Å². The van der Waals surface area contributed by atoms with Crippen LogP contribution in [0.15, 0.2) is 12.1 Å². The summed E-state index contributed by atoms with van der Waals surface area (Å²) in [6.07, 6.45) is 1.14. The third-order valence-electron chi connectivity index (χ3n) is 2.20. The maximum Gasteiger partial charge on any atom is 0.165 e. The molecular weight excluding hydrogens is 166 g/mol. The molecule has 0 saturated carbocycles. The number of ether oxygens (including phenoxy) is 2. The predicted molar refractivity (Wildman–Crippen MR) is 51.2 cm³/mol. The van der Waals surface area contributed by atoms with Crippen LogP contribution in [0.2, 0.25) is 0 Å². The van der Waals surface area contributed by atoms with Crippen LogP contribution in [0.25, 0.3) is 0 Å². The van der Waals surface area contributed by atoms with E-state index < -0.39 is 0 Å². The molecule has 1 aliphatic rings. The summed E-state index contributed by atoms with van der Waals surface area (Å²) < 4.78 is 10.8. The Morgan fingerprint density at radius 3 is 3.00 bits per heavy atom. The van der Waals surface area contributed by atoms with Gasteiger partial charge in [-0.2, -0.15) is 0 Å². The fourth-order valence-electron chi connectivity index (χ4n) is 1.67. The highest BCUT2D eigenvalue weighted by atomic mass is 16.5. The molecule has 1 aromatic carbocycles. The fourth-order valence-corrected chi connectivity index (χ4v) is 1.67. The van der Waals surface area contributed by atoms with E-state index in [9.17, 15) is 0 Å². The molecule has 0 amide bonds. The summed E-state index contributed by atoms with van der Waals surface area (Å²) in [6, 6.07) is 3.73. The highest BCUT2D eigenvalue weighted by Crippen LogP contribution is 2.39. The summed E-state index contributed by atoms with van der Waals surface area (Å²) in [7, 11) is 1.63. The van der Waals surface area contributed by atoms with Crippen LogP contribution < -0.4 is 15.2 Å². The van der Waals surface area contributed by atoms with Crippen molar-refractivity contribution in [3.8, 4) is 11.5 Å². The summed E-state index contributed by atoms with van der Waals surface area (Å²) >= 11 is 0. The molecule has 70 valence electrons. The lowest BCUT2D eigenvalue weighted by molar-refractivity contribution is 0.243. The highest BCUT2D eigenvalue weighted by Gasteiger charge is 2.23. The van der Waals surface area contributed by atoms with Crippen molar-refractivity contribution in [3.63, 3.8) is 0 Å². The van der Waals surface area contributed by atoms with Gasteiger partial charge in [-0.3, -0.25) is 0 Å². The van der Waals surface area contributed by atoms with Crippen molar-refractivity contribution >= 4 is 5.69 Å². The van der Waals surface area contributed by atoms with Gasteiger partial charge in [0.1, 0.15) is 6.10 Å². The second kappa shape index (κ2) is 2.83. The Morgan fingerprint density at radius 2 is 2.31 bits per heavy atom. The van der Waals surface area contributed by atoms with E-state index >= 15 is 0 Å². The second-order valence-electron chi connectivity index (χ2n) is 3.34. The maximum absolute atomic E-state index is 5.72. The molecule has 0 saturated heterocycles. The first-order chi connectivity index (χ1) is 6.20. The first-order valence-electron chi connectivity index (χ1n) is 4.33. The summed E-state index contributed by atoms with van der Waals surface area (Å²) in [6.45, 7) is 2.04. The van der Waals surface area contributed by atoms with E-state index in [2.05, 4.69) is 0 Å². The zero-order chi connectivity index (χ0) is 9.42. The Kier molecular flexibility index (Phi) is 1.79. The smallest absolute Gasteiger partial charge is 0.165 e. The number of nitrogen functional groups attached to an aromatic ring is 1. The van der Waals surface area contributed by atoms with Crippen LogP contribution in [0, 0.1) is 0 Å². The molecule has 0 bridgehead atoms. The quantitative estimate of drug-likeness (QED) is 0.666. The number of benzene rings is 1. The third-order valence-corrected chi connectivity index (χ3v) is 2.20. The Balaban J connectivity index is 2.50. The van der Waals surface area contributed by atoms with Gasteiger partial charge in [0.25, 0.3) is 0 Å². The minimum atomic E-state index is 0.227. The predicted octanol–water partition coefficient (Wildman–Crippen LogP) is 1.60. The van der Waals surface area contributed by atoms with Crippen molar-refractivity contribution in [1.82, 2.24) is 0 Å². The van der Waals surface area contributed by atoms with E-state index in [1.165, 1.54) is 0 Å². The highest BCUT2D eigenvalue weighted by molar-refractivity contribution is 5.58. The van der Waals surface area contributed by atoms with Gasteiger partial charge in [-0.25, -0.2) is 0 Å². The number of methoxy groups -OCH3 is 1. The van der Waals surface area contributed by atoms with Gasteiger partial charge in [-0.05, 0) is 13.0 Å². The standard InChI is InChI=1S/C10H13NO2/c1-6-3-7-4-8(11)5-9(12-2)10(7)13-6/h4-6H,3,11H2,1-2H3. The minimum absolute atomic E-state index is 0.227. The molecule has 1 atom stereocenters. The molecule has 1 aromatic rings. The topological polar surface area (TPSA) is 44.5 Å². The zero-order valence-corrected chi connectivity index (χ0v) is 7.83. The lowest BCUT2D eigenvalue weighted by atomic mass is 10.1. The molecule has 0 aliphatic carbocycles. The number of rotatable bonds is 1. The van der Waals surface area contributed by atoms with Gasteiger partial charge in [-0.1, -0.05) is 0 Å². The van der Waals surface area contributed by atoms with Crippen LogP contribution in [0.1, 0.15) is 12.5 Å². The Morgan fingerprint density at radius 1 is 1.54 bits per heavy atom. The summed E-state index contributed by atoms with van der Waals surface area (Å²) in [4.78, 5) is 0. The van der Waals surface area contributed by atoms with Crippen LogP contribution in [-0.2, 0) is 6.42 Å². The Labute approximate surface area is 77.5 Å². The number of fused-ring (bicyclic) bond motifs is 1. The molecule has 0 fully saturated rings. The number of hydrogen-bond acceptors (Lipinski definition) is 3. The molecule has 3 heteroatoms. The lowest BCUT2D eigenvalue weighted by Crippen LogP contribution is -2.05. The van der Waals surface area contributed by atoms with E-state index in [-0.39, 0.29) is 6.10 Å². The molecular formula is C10H13NO2. The zero-order valence-electron chi connectivity index (χ0n) is 7.83. The van der Waals surface area contributed by atoms with Crippen LogP contribution in [0.3, 0.4) is 0 Å². The monoisotopic (exact) mass is 179 g/mol. The SMILES string of the molecule is COc1cc(N)cc2c1OC(C)C2. The summed E-state index contributed by atoms with van der Waals surface area (Å²) in [5.41, 5.74) is 7.59. The Bertz CT molecular complexity index is 336. The number of hydrogen-bond donors (Lipinski definition) is 1. The van der Waals surface area contributed by atoms with Crippen molar-refractivity contribution in [3.05, 3.63) is 17.7 Å². The van der Waals surface area contributed by atoms with E-state index in [0.717, 1.165) is 29.2 Å². The summed E-state index contributed by atoms with van der Waals surface area (Å²) in [5.74, 6) is 1.59. The number of anilines is 1. The van der Waals surface area contributed by atoms with E-state index in [0.29, 0.717) is 0 Å². The molecule has 1 unspecified atom stereocenters. The van der Waals surface area contributed by atoms with Gasteiger partial charge in [0.15, 0.2) is 11.5 Å². The van der Waals surface area contributed by atoms with E-state index in [1.54, 1.807) is 13.2 Å². The molecule has 0 radical (unpaired) electrons. The van der Waals surface area contributed by atoms with Gasteiger partial charge < -0.3 is 15.2 Å². The number of nitrogens with two attached hydrogens (primary N) is 1. The normalized spacial score (nSPS) is 19.4. The van der Waals surface area contributed by atoms with Crippen molar-refractivity contribution in [1.29, 1.82) is 0 Å². The largest absolute Gasteiger partial charge is 0.493 e. The molecule has 1 aliphatic heterocycles. The van der Waals surface area contributed by atoms with Gasteiger partial charge >= 0.3 is 0 Å². The van der Waals surface area contributed by atoms with Crippen LogP contribution in [-0.4, -0.2) is 13.2 Å². The molecule has 0 spiro atoms. The van der Waals surface area contributed by atoms with Crippen molar-refractivity contribution in [2.24, 2.45) is 0 Å². The fraction of sp³-hybridized carbons (Fsp3) is 0.400. The average molecular weight is 179 g/mol. The lowest BCUT2D eigenvalue weighted by Gasteiger charge is -2.08. The van der Waals surface area contributed by atoms with Gasteiger partial charge in [-0.15, -0.1) is 0 Å². The minimum Gasteiger partial charge on any atom is -0.493 e. The van der Waals surface area contributed by atoms with Crippen LogP contribution in [0.4, 0.5) is 5.69 Å². The summed E-state index contributed by atoms with van der Waals surface area (Å²) in [5, 5.41) is 0. The molecule has 2 rings (SSSR count). The van der Waals surface area contributed by atoms with Gasteiger partial charge in [0.2, 0.25) is 0 Å². The van der Waals surface area contributed by atoms with Gasteiger partial charge in [0, 0.05) is 23.7 Å². The first-order valence-corrected chi connectivity index (χ1v) is 4.33. The molecule has 2 N–H and O–H groups in total. The van der Waals surface area contributed by atoms with Crippen molar-refractivity contribution < 1.29 is 9.47 Å². The first kappa shape index (κ1) is 8.23. The van der Waals surface area contributed by atoms with Crippen molar-refractivity contribution in [2.75, 3.05) is 12.8 Å². The second-order valence-corrected chi connectivity index (χ2v) is 3.34. The van der Waals surface area contributed by atoms with E-state index in [1.807, 2.05) is 13.0 Å². The van der Waals surface area contributed by atoms with Crippen molar-refractivity contribution in [2.45, 2.75) is 19.4 Å². The van der Waals surface area contributed by atoms with Crippen LogP contribution in [0.5, 0.6) is 11.5 Å². The van der Waals surface area contributed by atoms with Crippen LogP contribution >= 0.6 is 0 Å². The molecule has 13 heavy (non-hydrogen) atoms. The molecule has 1 heterocycles. The molecule has 3 nitrogen and oxygen atoms in total.